The second-order valence-corrected chi connectivity index (χ2v) is 6.59. The number of aromatic nitrogens is 6. The van der Waals surface area contributed by atoms with Gasteiger partial charge in [-0.15, -0.1) is 11.3 Å². The van der Waals surface area contributed by atoms with Crippen molar-refractivity contribution < 1.29 is 4.52 Å². The summed E-state index contributed by atoms with van der Waals surface area (Å²) < 4.78 is 7.43. The molecule has 0 aliphatic rings. The summed E-state index contributed by atoms with van der Waals surface area (Å²) in [6.07, 6.45) is 3.74. The zero-order chi connectivity index (χ0) is 16.1. The second-order valence-electron chi connectivity index (χ2n) is 5.38. The Balaban J connectivity index is 1.85. The molecule has 0 amide bonds. The molecule has 4 heterocycles. The first kappa shape index (κ1) is 14.0. The molecule has 0 unspecified atom stereocenters. The average molecular weight is 326 g/mol. The van der Waals surface area contributed by atoms with Gasteiger partial charge in [-0.2, -0.15) is 4.98 Å². The Labute approximate surface area is 136 Å². The molecule has 0 radical (unpaired) electrons. The minimum atomic E-state index is 0.416. The topological polar surface area (TPSA) is 82.0 Å². The Hall–Kier alpha value is -2.61. The van der Waals surface area contributed by atoms with Crippen LogP contribution in [0.25, 0.3) is 27.9 Å². The van der Waals surface area contributed by atoms with Crippen molar-refractivity contribution in [3.63, 3.8) is 0 Å². The Morgan fingerprint density at radius 1 is 1.04 bits per heavy atom. The van der Waals surface area contributed by atoms with Crippen LogP contribution in [0, 0.1) is 27.7 Å². The van der Waals surface area contributed by atoms with Crippen LogP contribution in [0.15, 0.2) is 16.9 Å². The van der Waals surface area contributed by atoms with Crippen molar-refractivity contribution in [1.82, 2.24) is 29.5 Å². The van der Waals surface area contributed by atoms with E-state index in [4.69, 9.17) is 4.52 Å². The number of hydrogen-bond donors (Lipinski definition) is 0. The van der Waals surface area contributed by atoms with E-state index in [-0.39, 0.29) is 0 Å². The number of rotatable bonds is 2. The lowest BCUT2D eigenvalue weighted by Gasteiger charge is -1.99. The summed E-state index contributed by atoms with van der Waals surface area (Å²) in [5, 5.41) is 4.12. The van der Waals surface area contributed by atoms with Crippen molar-refractivity contribution in [3.8, 4) is 23.0 Å². The molecule has 0 bridgehead atoms. The predicted molar refractivity (Wildman–Crippen MR) is 86.3 cm³/mol. The summed E-state index contributed by atoms with van der Waals surface area (Å²) in [6.45, 7) is 7.74. The molecule has 116 valence electrons. The van der Waals surface area contributed by atoms with Gasteiger partial charge in [0.2, 0.25) is 5.82 Å². The fraction of sp³-hybridized carbons (Fsp3) is 0.267. The number of imidazole rings is 1. The third-order valence-corrected chi connectivity index (χ3v) is 4.48. The van der Waals surface area contributed by atoms with Gasteiger partial charge in [-0.1, -0.05) is 5.16 Å². The molecule has 0 spiro atoms. The number of fused-ring (bicyclic) bond motifs is 1. The van der Waals surface area contributed by atoms with E-state index in [1.54, 1.807) is 17.5 Å². The van der Waals surface area contributed by atoms with E-state index in [2.05, 4.69) is 25.1 Å². The molecule has 0 aliphatic heterocycles. The van der Waals surface area contributed by atoms with E-state index in [0.717, 1.165) is 27.6 Å². The average Bonchev–Trinajstić information content (AvgIpc) is 3.13. The van der Waals surface area contributed by atoms with E-state index < -0.39 is 0 Å². The van der Waals surface area contributed by atoms with Crippen LogP contribution in [0.3, 0.4) is 0 Å². The van der Waals surface area contributed by atoms with Gasteiger partial charge in [-0.3, -0.25) is 4.40 Å². The van der Waals surface area contributed by atoms with Crippen LogP contribution in [0.5, 0.6) is 0 Å². The lowest BCUT2D eigenvalue weighted by Crippen LogP contribution is -1.94. The first-order valence-electron chi connectivity index (χ1n) is 7.12. The van der Waals surface area contributed by atoms with Crippen LogP contribution < -0.4 is 0 Å². The van der Waals surface area contributed by atoms with Crippen LogP contribution >= 0.6 is 11.3 Å². The normalized spacial score (nSPS) is 11.5. The molecule has 0 saturated carbocycles. The van der Waals surface area contributed by atoms with Gasteiger partial charge in [0.1, 0.15) is 11.5 Å². The SMILES string of the molecule is Cc1ncc(-c2nc(-c3c(C)nc4sc(C)cn34)no2)c(C)n1. The quantitative estimate of drug-likeness (QED) is 0.563. The highest BCUT2D eigenvalue weighted by atomic mass is 32.1. The highest BCUT2D eigenvalue weighted by Crippen LogP contribution is 2.29. The highest BCUT2D eigenvalue weighted by molar-refractivity contribution is 7.17. The maximum Gasteiger partial charge on any atom is 0.261 e. The van der Waals surface area contributed by atoms with Crippen LogP contribution in [0.2, 0.25) is 0 Å². The van der Waals surface area contributed by atoms with E-state index in [0.29, 0.717) is 17.5 Å². The fourth-order valence-electron chi connectivity index (χ4n) is 2.56. The van der Waals surface area contributed by atoms with Crippen molar-refractivity contribution in [2.75, 3.05) is 0 Å². The lowest BCUT2D eigenvalue weighted by molar-refractivity contribution is 0.431. The number of nitrogens with zero attached hydrogens (tertiary/aromatic N) is 6. The standard InChI is InChI=1S/C15H14N6OS/c1-7-6-21-12(9(3)18-15(21)23-7)13-19-14(22-20-13)11-5-16-10(4)17-8(11)2/h5-6H,1-4H3. The molecule has 0 fully saturated rings. The van der Waals surface area contributed by atoms with Gasteiger partial charge in [0.25, 0.3) is 5.89 Å². The minimum absolute atomic E-state index is 0.416. The molecule has 23 heavy (non-hydrogen) atoms. The van der Waals surface area contributed by atoms with Crippen LogP contribution in [0.1, 0.15) is 22.1 Å². The van der Waals surface area contributed by atoms with Crippen molar-refractivity contribution >= 4 is 16.3 Å². The van der Waals surface area contributed by atoms with Gasteiger partial charge in [0, 0.05) is 17.3 Å². The van der Waals surface area contributed by atoms with Gasteiger partial charge in [-0.25, -0.2) is 15.0 Å². The van der Waals surface area contributed by atoms with Crippen LogP contribution in [-0.2, 0) is 0 Å². The molecule has 0 aromatic carbocycles. The molecule has 0 aliphatic carbocycles. The van der Waals surface area contributed by atoms with E-state index >= 15 is 0 Å². The Bertz CT molecular complexity index is 1030. The Kier molecular flexibility index (Phi) is 3.02. The smallest absolute Gasteiger partial charge is 0.261 e. The van der Waals surface area contributed by atoms with E-state index in [9.17, 15) is 0 Å². The van der Waals surface area contributed by atoms with Crippen LogP contribution in [0.4, 0.5) is 0 Å². The third-order valence-electron chi connectivity index (χ3n) is 3.58. The zero-order valence-electron chi connectivity index (χ0n) is 13.2. The number of hydrogen-bond acceptors (Lipinski definition) is 7. The minimum Gasteiger partial charge on any atom is -0.333 e. The van der Waals surface area contributed by atoms with Crippen molar-refractivity contribution in [2.45, 2.75) is 27.7 Å². The molecular formula is C15H14N6OS. The molecule has 7 nitrogen and oxygen atoms in total. The molecule has 4 rings (SSSR count). The van der Waals surface area contributed by atoms with Crippen molar-refractivity contribution in [1.29, 1.82) is 0 Å². The molecule has 4 aromatic rings. The van der Waals surface area contributed by atoms with Crippen molar-refractivity contribution in [2.24, 2.45) is 0 Å². The fourth-order valence-corrected chi connectivity index (χ4v) is 3.43. The van der Waals surface area contributed by atoms with E-state index in [1.165, 1.54) is 4.88 Å². The zero-order valence-corrected chi connectivity index (χ0v) is 14.0. The Morgan fingerprint density at radius 2 is 1.87 bits per heavy atom. The first-order chi connectivity index (χ1) is 11.0. The maximum absolute atomic E-state index is 5.43. The summed E-state index contributed by atoms with van der Waals surface area (Å²) in [6, 6.07) is 0. The second kappa shape index (κ2) is 4.95. The van der Waals surface area contributed by atoms with Gasteiger partial charge in [0.15, 0.2) is 4.96 Å². The molecule has 0 N–H and O–H groups in total. The molecule has 8 heteroatoms. The number of aryl methyl sites for hydroxylation is 4. The van der Waals surface area contributed by atoms with Gasteiger partial charge in [-0.05, 0) is 27.7 Å². The Morgan fingerprint density at radius 3 is 2.65 bits per heavy atom. The summed E-state index contributed by atoms with van der Waals surface area (Å²) in [5.41, 5.74) is 3.29. The highest BCUT2D eigenvalue weighted by Gasteiger charge is 2.20. The van der Waals surface area contributed by atoms with Crippen molar-refractivity contribution in [3.05, 3.63) is 34.5 Å². The third kappa shape index (κ3) is 2.22. The maximum atomic E-state index is 5.43. The largest absolute Gasteiger partial charge is 0.333 e. The summed E-state index contributed by atoms with van der Waals surface area (Å²) in [7, 11) is 0. The first-order valence-corrected chi connectivity index (χ1v) is 7.94. The monoisotopic (exact) mass is 326 g/mol. The lowest BCUT2D eigenvalue weighted by atomic mass is 10.2. The van der Waals surface area contributed by atoms with Gasteiger partial charge in [0.05, 0.1) is 17.0 Å². The molecular weight excluding hydrogens is 312 g/mol. The molecule has 4 aromatic heterocycles. The summed E-state index contributed by atoms with van der Waals surface area (Å²) in [5.74, 6) is 1.65. The van der Waals surface area contributed by atoms with E-state index in [1.807, 2.05) is 38.3 Å². The number of thiazole rings is 1. The summed E-state index contributed by atoms with van der Waals surface area (Å²) >= 11 is 1.63. The summed E-state index contributed by atoms with van der Waals surface area (Å²) in [4.78, 5) is 19.7. The van der Waals surface area contributed by atoms with Gasteiger partial charge < -0.3 is 4.52 Å². The predicted octanol–water partition coefficient (Wildman–Crippen LogP) is 3.14. The molecule has 0 atom stereocenters. The van der Waals surface area contributed by atoms with Gasteiger partial charge >= 0.3 is 0 Å². The van der Waals surface area contributed by atoms with Crippen LogP contribution in [-0.4, -0.2) is 29.5 Å². The molecule has 0 saturated heterocycles.